The third-order valence-electron chi connectivity index (χ3n) is 4.11. The lowest BCUT2D eigenvalue weighted by Gasteiger charge is -2.20. The zero-order valence-electron chi connectivity index (χ0n) is 16.6. The largest absolute Gasteiger partial charge is 0.495 e. The molecule has 9 heteroatoms. The third kappa shape index (κ3) is 6.31. The number of carbonyl (C=O) groups is 2. The summed E-state index contributed by atoms with van der Waals surface area (Å²) in [4.78, 5) is 36.8. The van der Waals surface area contributed by atoms with Gasteiger partial charge in [0.25, 0.3) is 5.69 Å². The van der Waals surface area contributed by atoms with E-state index < -0.39 is 4.92 Å². The van der Waals surface area contributed by atoms with Crippen LogP contribution in [0.25, 0.3) is 6.08 Å². The molecule has 158 valence electrons. The van der Waals surface area contributed by atoms with Crippen LogP contribution in [0.3, 0.4) is 0 Å². The first kappa shape index (κ1) is 22.9. The van der Waals surface area contributed by atoms with E-state index in [2.05, 4.69) is 5.32 Å². The minimum Gasteiger partial charge on any atom is -0.495 e. The second-order valence-corrected chi connectivity index (χ2v) is 6.72. The SMILES string of the molecule is CCCN(CC(=O)Nc1ccccc1OC)C(=O)/C=C/c1ccc(Cl)c([N+](=O)[O-])c1. The molecule has 1 N–H and O–H groups in total. The number of nitro groups is 1. The molecule has 0 saturated heterocycles. The van der Waals surface area contributed by atoms with Crippen LogP contribution in [0.2, 0.25) is 5.02 Å². The van der Waals surface area contributed by atoms with Crippen molar-refractivity contribution in [3.05, 3.63) is 69.2 Å². The zero-order valence-corrected chi connectivity index (χ0v) is 17.4. The van der Waals surface area contributed by atoms with Crippen molar-refractivity contribution in [2.24, 2.45) is 0 Å². The van der Waals surface area contributed by atoms with Gasteiger partial charge in [-0.05, 0) is 36.3 Å². The minimum atomic E-state index is -0.590. The highest BCUT2D eigenvalue weighted by Crippen LogP contribution is 2.25. The van der Waals surface area contributed by atoms with Gasteiger partial charge in [-0.3, -0.25) is 19.7 Å². The van der Waals surface area contributed by atoms with Crippen LogP contribution >= 0.6 is 11.6 Å². The Balaban J connectivity index is 2.09. The molecule has 0 saturated carbocycles. The lowest BCUT2D eigenvalue weighted by molar-refractivity contribution is -0.384. The van der Waals surface area contributed by atoms with Crippen molar-refractivity contribution in [2.75, 3.05) is 25.5 Å². The number of para-hydroxylation sites is 2. The van der Waals surface area contributed by atoms with Gasteiger partial charge in [-0.1, -0.05) is 36.7 Å². The summed E-state index contributed by atoms with van der Waals surface area (Å²) < 4.78 is 5.20. The van der Waals surface area contributed by atoms with E-state index in [-0.39, 0.29) is 29.1 Å². The zero-order chi connectivity index (χ0) is 22.1. The number of anilines is 1. The van der Waals surface area contributed by atoms with Crippen LogP contribution in [-0.4, -0.2) is 41.8 Å². The van der Waals surface area contributed by atoms with Gasteiger partial charge in [-0.25, -0.2) is 0 Å². The molecule has 2 amide bonds. The van der Waals surface area contributed by atoms with Gasteiger partial charge in [0.15, 0.2) is 0 Å². The van der Waals surface area contributed by atoms with Gasteiger partial charge >= 0.3 is 0 Å². The van der Waals surface area contributed by atoms with E-state index in [0.717, 1.165) is 0 Å². The van der Waals surface area contributed by atoms with E-state index in [1.54, 1.807) is 30.3 Å². The fourth-order valence-corrected chi connectivity index (χ4v) is 2.88. The van der Waals surface area contributed by atoms with Crippen molar-refractivity contribution in [2.45, 2.75) is 13.3 Å². The molecule has 0 spiro atoms. The number of amides is 2. The summed E-state index contributed by atoms with van der Waals surface area (Å²) in [6.07, 6.45) is 3.39. The predicted molar refractivity (Wildman–Crippen MR) is 116 cm³/mol. The highest BCUT2D eigenvalue weighted by atomic mass is 35.5. The summed E-state index contributed by atoms with van der Waals surface area (Å²) >= 11 is 5.80. The number of ether oxygens (including phenoxy) is 1. The normalized spacial score (nSPS) is 10.6. The Labute approximate surface area is 179 Å². The number of methoxy groups -OCH3 is 1. The Bertz CT molecular complexity index is 961. The molecule has 8 nitrogen and oxygen atoms in total. The molecular formula is C21H22ClN3O5. The first-order valence-electron chi connectivity index (χ1n) is 9.19. The molecule has 0 heterocycles. The molecule has 0 aliphatic heterocycles. The first-order chi connectivity index (χ1) is 14.3. The highest BCUT2D eigenvalue weighted by Gasteiger charge is 2.16. The van der Waals surface area contributed by atoms with Crippen LogP contribution in [0.4, 0.5) is 11.4 Å². The van der Waals surface area contributed by atoms with Crippen molar-refractivity contribution in [1.82, 2.24) is 4.90 Å². The van der Waals surface area contributed by atoms with Gasteiger partial charge in [-0.2, -0.15) is 0 Å². The predicted octanol–water partition coefficient (Wildman–Crippen LogP) is 4.15. The molecule has 0 aliphatic carbocycles. The number of hydrogen-bond donors (Lipinski definition) is 1. The van der Waals surface area contributed by atoms with Crippen LogP contribution in [-0.2, 0) is 9.59 Å². The molecule has 0 atom stereocenters. The maximum Gasteiger partial charge on any atom is 0.288 e. The maximum atomic E-state index is 12.6. The van der Waals surface area contributed by atoms with E-state index in [0.29, 0.717) is 30.0 Å². The fraction of sp³-hybridized carbons (Fsp3) is 0.238. The Hall–Kier alpha value is -3.39. The lowest BCUT2D eigenvalue weighted by atomic mass is 10.2. The Morgan fingerprint density at radius 2 is 2.00 bits per heavy atom. The molecule has 2 aromatic carbocycles. The Morgan fingerprint density at radius 1 is 1.27 bits per heavy atom. The molecule has 0 bridgehead atoms. The van der Waals surface area contributed by atoms with Gasteiger partial charge in [0, 0.05) is 18.7 Å². The average molecular weight is 432 g/mol. The van der Waals surface area contributed by atoms with Crippen molar-refractivity contribution >= 4 is 40.9 Å². The number of rotatable bonds is 9. The van der Waals surface area contributed by atoms with Gasteiger partial charge in [-0.15, -0.1) is 0 Å². The number of benzene rings is 2. The smallest absolute Gasteiger partial charge is 0.288 e. The maximum absolute atomic E-state index is 12.6. The molecule has 0 unspecified atom stereocenters. The fourth-order valence-electron chi connectivity index (χ4n) is 2.69. The van der Waals surface area contributed by atoms with Gasteiger partial charge in [0.05, 0.1) is 17.7 Å². The molecular weight excluding hydrogens is 410 g/mol. The standard InChI is InChI=1S/C21H22ClN3O5/c1-3-12-24(14-20(26)23-17-6-4-5-7-19(17)30-2)21(27)11-9-15-8-10-16(22)18(13-15)25(28)29/h4-11,13H,3,12,14H2,1-2H3,(H,23,26)/b11-9+. The minimum absolute atomic E-state index is 0.0177. The van der Waals surface area contributed by atoms with E-state index in [1.807, 2.05) is 6.92 Å². The number of nitrogens with one attached hydrogen (secondary N) is 1. The molecule has 0 aliphatic rings. The van der Waals surface area contributed by atoms with Crippen LogP contribution in [0.15, 0.2) is 48.5 Å². The average Bonchev–Trinajstić information content (AvgIpc) is 2.72. The number of hydrogen-bond acceptors (Lipinski definition) is 5. The number of halogens is 1. The summed E-state index contributed by atoms with van der Waals surface area (Å²) in [7, 11) is 1.50. The number of nitrogens with zero attached hydrogens (tertiary/aromatic N) is 2. The highest BCUT2D eigenvalue weighted by molar-refractivity contribution is 6.32. The van der Waals surface area contributed by atoms with Crippen LogP contribution in [0.5, 0.6) is 5.75 Å². The molecule has 2 aromatic rings. The van der Waals surface area contributed by atoms with Crippen LogP contribution in [0, 0.1) is 10.1 Å². The van der Waals surface area contributed by atoms with Crippen molar-refractivity contribution in [1.29, 1.82) is 0 Å². The van der Waals surface area contributed by atoms with Crippen LogP contribution in [0.1, 0.15) is 18.9 Å². The number of carbonyl (C=O) groups excluding carboxylic acids is 2. The first-order valence-corrected chi connectivity index (χ1v) is 9.57. The van der Waals surface area contributed by atoms with E-state index in [1.165, 1.54) is 36.3 Å². The van der Waals surface area contributed by atoms with E-state index >= 15 is 0 Å². The molecule has 0 fully saturated rings. The summed E-state index contributed by atoms with van der Waals surface area (Å²) in [5, 5.41) is 13.7. The summed E-state index contributed by atoms with van der Waals surface area (Å²) in [6.45, 7) is 2.13. The van der Waals surface area contributed by atoms with Crippen molar-refractivity contribution < 1.29 is 19.2 Å². The summed E-state index contributed by atoms with van der Waals surface area (Å²) in [6, 6.07) is 11.2. The van der Waals surface area contributed by atoms with Crippen LogP contribution < -0.4 is 10.1 Å². The Morgan fingerprint density at radius 3 is 2.67 bits per heavy atom. The number of nitro benzene ring substituents is 1. The Kier molecular flexibility index (Phi) is 8.37. The molecule has 0 radical (unpaired) electrons. The lowest BCUT2D eigenvalue weighted by Crippen LogP contribution is -2.37. The third-order valence-corrected chi connectivity index (χ3v) is 4.43. The van der Waals surface area contributed by atoms with Gasteiger partial charge in [0.1, 0.15) is 17.3 Å². The molecule has 0 aromatic heterocycles. The quantitative estimate of drug-likeness (QED) is 0.365. The summed E-state index contributed by atoms with van der Waals surface area (Å²) in [5.41, 5.74) is 0.722. The van der Waals surface area contributed by atoms with Gasteiger partial charge < -0.3 is 15.0 Å². The second-order valence-electron chi connectivity index (χ2n) is 6.31. The molecule has 30 heavy (non-hydrogen) atoms. The monoisotopic (exact) mass is 431 g/mol. The van der Waals surface area contributed by atoms with E-state index in [4.69, 9.17) is 16.3 Å². The topological polar surface area (TPSA) is 102 Å². The van der Waals surface area contributed by atoms with Crippen molar-refractivity contribution in [3.8, 4) is 5.75 Å². The second kappa shape index (κ2) is 11.0. The summed E-state index contributed by atoms with van der Waals surface area (Å²) in [5.74, 6) is -0.232. The molecule has 2 rings (SSSR count). The van der Waals surface area contributed by atoms with Gasteiger partial charge in [0.2, 0.25) is 11.8 Å². The van der Waals surface area contributed by atoms with Crippen molar-refractivity contribution in [3.63, 3.8) is 0 Å². The van der Waals surface area contributed by atoms with E-state index in [9.17, 15) is 19.7 Å².